The van der Waals surface area contributed by atoms with Gasteiger partial charge in [-0.15, -0.1) is 12.4 Å². The molecule has 0 aromatic heterocycles. The minimum atomic E-state index is -0.540. The maximum Gasteiger partial charge on any atom is 0.240 e. The molecule has 0 aromatic rings. The largest absolute Gasteiger partial charge is 0.351 e. The Bertz CT molecular complexity index is 302. The lowest BCUT2D eigenvalue weighted by Crippen LogP contribution is -2.55. The topological polar surface area (TPSA) is 55.1 Å². The zero-order valence-corrected chi connectivity index (χ0v) is 11.1. The van der Waals surface area contributed by atoms with E-state index in [1.54, 1.807) is 0 Å². The molecule has 2 bridgehead atoms. The maximum absolute atomic E-state index is 12.2. The van der Waals surface area contributed by atoms with Crippen LogP contribution in [-0.2, 0) is 4.79 Å². The monoisotopic (exact) mass is 258 g/mol. The van der Waals surface area contributed by atoms with Crippen LogP contribution in [0, 0.1) is 11.8 Å². The average molecular weight is 259 g/mol. The summed E-state index contributed by atoms with van der Waals surface area (Å²) < 4.78 is 0. The quantitative estimate of drug-likeness (QED) is 0.796. The molecule has 0 aromatic carbocycles. The van der Waals surface area contributed by atoms with Crippen LogP contribution in [0.5, 0.6) is 0 Å². The molecule has 3 atom stereocenters. The number of amides is 1. The highest BCUT2D eigenvalue weighted by atomic mass is 35.5. The number of nitrogens with two attached hydrogens (primary N) is 1. The third kappa shape index (κ3) is 2.32. The molecule has 3 N–H and O–H groups in total. The molecule has 4 heteroatoms. The number of fused-ring (bicyclic) bond motifs is 2. The predicted molar refractivity (Wildman–Crippen MR) is 70.0 cm³/mol. The Morgan fingerprint density at radius 2 is 1.88 bits per heavy atom. The Morgan fingerprint density at radius 3 is 2.41 bits per heavy atom. The van der Waals surface area contributed by atoms with E-state index >= 15 is 0 Å². The third-order valence-electron chi connectivity index (χ3n) is 5.00. The molecule has 0 aliphatic heterocycles. The molecule has 0 spiro atoms. The third-order valence-corrected chi connectivity index (χ3v) is 5.00. The van der Waals surface area contributed by atoms with E-state index in [1.165, 1.54) is 25.7 Å². The molecule has 17 heavy (non-hydrogen) atoms. The van der Waals surface area contributed by atoms with Crippen molar-refractivity contribution in [2.45, 2.75) is 62.9 Å². The van der Waals surface area contributed by atoms with Crippen molar-refractivity contribution < 1.29 is 4.79 Å². The second-order valence-corrected chi connectivity index (χ2v) is 6.12. The van der Waals surface area contributed by atoms with Crippen molar-refractivity contribution in [3.63, 3.8) is 0 Å². The molecule has 3 fully saturated rings. The van der Waals surface area contributed by atoms with E-state index in [-0.39, 0.29) is 18.3 Å². The number of halogens is 1. The first kappa shape index (κ1) is 13.2. The molecule has 98 valence electrons. The molecule has 3 aliphatic carbocycles. The Hall–Kier alpha value is -0.280. The highest BCUT2D eigenvalue weighted by Crippen LogP contribution is 2.44. The lowest BCUT2D eigenvalue weighted by Gasteiger charge is -2.29. The standard InChI is InChI=1S/C13H22N2O.ClH/c14-13(5-1-2-6-13)12(16)15-11-8-9-3-4-10(11)7-9;/h9-11H,1-8,14H2,(H,15,16);1H. The van der Waals surface area contributed by atoms with Gasteiger partial charge in [0.2, 0.25) is 5.91 Å². The first-order valence-corrected chi connectivity index (χ1v) is 6.77. The van der Waals surface area contributed by atoms with E-state index in [9.17, 15) is 4.79 Å². The van der Waals surface area contributed by atoms with Gasteiger partial charge in [-0.3, -0.25) is 4.79 Å². The maximum atomic E-state index is 12.2. The molecule has 1 amide bonds. The molecule has 0 saturated heterocycles. The Morgan fingerprint density at radius 1 is 1.18 bits per heavy atom. The SMILES string of the molecule is Cl.NC1(C(=O)NC2CC3CCC2C3)CCCC1. The lowest BCUT2D eigenvalue weighted by molar-refractivity contribution is -0.127. The Labute approximate surface area is 109 Å². The van der Waals surface area contributed by atoms with Crippen molar-refractivity contribution >= 4 is 18.3 Å². The van der Waals surface area contributed by atoms with E-state index in [2.05, 4.69) is 5.32 Å². The summed E-state index contributed by atoms with van der Waals surface area (Å²) in [6, 6.07) is 0.437. The van der Waals surface area contributed by atoms with Crippen LogP contribution < -0.4 is 11.1 Å². The molecular weight excluding hydrogens is 236 g/mol. The number of hydrogen-bond donors (Lipinski definition) is 2. The van der Waals surface area contributed by atoms with Crippen LogP contribution >= 0.6 is 12.4 Å². The number of nitrogens with one attached hydrogen (secondary N) is 1. The minimum Gasteiger partial charge on any atom is -0.351 e. The van der Waals surface area contributed by atoms with E-state index in [4.69, 9.17) is 5.73 Å². The van der Waals surface area contributed by atoms with E-state index in [1.807, 2.05) is 0 Å². The van der Waals surface area contributed by atoms with Crippen LogP contribution in [0.3, 0.4) is 0 Å². The zero-order valence-electron chi connectivity index (χ0n) is 10.3. The summed E-state index contributed by atoms with van der Waals surface area (Å²) in [5.41, 5.74) is 5.63. The zero-order chi connectivity index (χ0) is 11.2. The Balaban J connectivity index is 0.00000108. The number of rotatable bonds is 2. The highest BCUT2D eigenvalue weighted by Gasteiger charge is 2.43. The highest BCUT2D eigenvalue weighted by molar-refractivity contribution is 5.86. The fraction of sp³-hybridized carbons (Fsp3) is 0.923. The summed E-state index contributed by atoms with van der Waals surface area (Å²) in [6.45, 7) is 0. The summed E-state index contributed by atoms with van der Waals surface area (Å²) >= 11 is 0. The van der Waals surface area contributed by atoms with Gasteiger partial charge >= 0.3 is 0 Å². The molecule has 3 saturated carbocycles. The van der Waals surface area contributed by atoms with E-state index in [0.717, 1.165) is 37.5 Å². The van der Waals surface area contributed by atoms with E-state index in [0.29, 0.717) is 6.04 Å². The van der Waals surface area contributed by atoms with Gasteiger partial charge in [-0.1, -0.05) is 19.3 Å². The first-order chi connectivity index (χ1) is 7.67. The number of carbonyl (C=O) groups is 1. The molecule has 3 rings (SSSR count). The van der Waals surface area contributed by atoms with Crippen molar-refractivity contribution in [3.05, 3.63) is 0 Å². The van der Waals surface area contributed by atoms with Crippen LogP contribution in [0.1, 0.15) is 51.4 Å². The van der Waals surface area contributed by atoms with Gasteiger partial charge in [-0.2, -0.15) is 0 Å². The second-order valence-electron chi connectivity index (χ2n) is 6.12. The summed E-state index contributed by atoms with van der Waals surface area (Å²) in [4.78, 5) is 12.2. The number of hydrogen-bond acceptors (Lipinski definition) is 2. The van der Waals surface area contributed by atoms with E-state index < -0.39 is 5.54 Å². The van der Waals surface area contributed by atoms with Gasteiger partial charge in [0.05, 0.1) is 5.54 Å². The van der Waals surface area contributed by atoms with Crippen molar-refractivity contribution in [2.75, 3.05) is 0 Å². The predicted octanol–water partition coefficient (Wildman–Crippen LogP) is 1.98. The summed E-state index contributed by atoms with van der Waals surface area (Å²) in [5.74, 6) is 1.76. The summed E-state index contributed by atoms with van der Waals surface area (Å²) in [7, 11) is 0. The summed E-state index contributed by atoms with van der Waals surface area (Å²) in [6.07, 6.45) is 9.20. The second kappa shape index (κ2) is 4.77. The fourth-order valence-electron chi connectivity index (χ4n) is 3.97. The van der Waals surface area contributed by atoms with Crippen molar-refractivity contribution in [1.82, 2.24) is 5.32 Å². The van der Waals surface area contributed by atoms with Gasteiger partial charge in [0.1, 0.15) is 0 Å². The summed E-state index contributed by atoms with van der Waals surface area (Å²) in [5, 5.41) is 3.23. The number of carbonyl (C=O) groups excluding carboxylic acids is 1. The Kier molecular flexibility index (Phi) is 3.69. The normalized spacial score (nSPS) is 37.8. The van der Waals surface area contributed by atoms with Crippen LogP contribution in [0.25, 0.3) is 0 Å². The van der Waals surface area contributed by atoms with Crippen molar-refractivity contribution in [2.24, 2.45) is 17.6 Å². The van der Waals surface area contributed by atoms with Gasteiger partial charge in [0.25, 0.3) is 0 Å². The molecule has 0 radical (unpaired) electrons. The minimum absolute atomic E-state index is 0. The fourth-order valence-corrected chi connectivity index (χ4v) is 3.97. The van der Waals surface area contributed by atoms with Crippen molar-refractivity contribution in [1.29, 1.82) is 0 Å². The van der Waals surface area contributed by atoms with Crippen LogP contribution in [0.15, 0.2) is 0 Å². The molecule has 3 aliphatic rings. The average Bonchev–Trinajstić information content (AvgIpc) is 2.93. The molecule has 3 unspecified atom stereocenters. The van der Waals surface area contributed by atoms with Gasteiger partial charge in [0.15, 0.2) is 0 Å². The smallest absolute Gasteiger partial charge is 0.240 e. The van der Waals surface area contributed by atoms with Gasteiger partial charge in [-0.05, 0) is 43.9 Å². The van der Waals surface area contributed by atoms with Crippen molar-refractivity contribution in [3.8, 4) is 0 Å². The molecular formula is C13H23ClN2O. The lowest BCUT2D eigenvalue weighted by atomic mass is 9.92. The van der Waals surface area contributed by atoms with Crippen LogP contribution in [-0.4, -0.2) is 17.5 Å². The first-order valence-electron chi connectivity index (χ1n) is 6.77. The molecule has 0 heterocycles. The molecule has 3 nitrogen and oxygen atoms in total. The van der Waals surface area contributed by atoms with Crippen LogP contribution in [0.2, 0.25) is 0 Å². The van der Waals surface area contributed by atoms with Gasteiger partial charge < -0.3 is 11.1 Å². The van der Waals surface area contributed by atoms with Gasteiger partial charge in [0, 0.05) is 6.04 Å². The van der Waals surface area contributed by atoms with Gasteiger partial charge in [-0.25, -0.2) is 0 Å². The van der Waals surface area contributed by atoms with Crippen LogP contribution in [0.4, 0.5) is 0 Å².